The first-order chi connectivity index (χ1) is 14.9. The minimum Gasteiger partial charge on any atom is -0.348 e. The second-order valence-electron chi connectivity index (χ2n) is 9.29. The van der Waals surface area contributed by atoms with E-state index in [9.17, 15) is 14.0 Å². The summed E-state index contributed by atoms with van der Waals surface area (Å²) in [5, 5.41) is 0. The van der Waals surface area contributed by atoms with Crippen molar-refractivity contribution < 1.29 is 14.0 Å². The Hall–Kier alpha value is -2.69. The Morgan fingerprint density at radius 2 is 1.68 bits per heavy atom. The van der Waals surface area contributed by atoms with Crippen molar-refractivity contribution in [1.82, 2.24) is 9.80 Å². The molecule has 0 atom stereocenters. The Labute approximate surface area is 184 Å². The Morgan fingerprint density at radius 3 is 2.23 bits per heavy atom. The first-order valence-electron chi connectivity index (χ1n) is 11.2. The highest BCUT2D eigenvalue weighted by atomic mass is 19.1. The normalized spacial score (nSPS) is 18.4. The molecule has 4 rings (SSSR count). The fraction of sp³-hybridized carbons (Fsp3) is 0.462. The van der Waals surface area contributed by atoms with Crippen LogP contribution in [-0.2, 0) is 16.0 Å². The van der Waals surface area contributed by atoms with Crippen molar-refractivity contribution >= 4 is 11.8 Å². The van der Waals surface area contributed by atoms with Crippen molar-refractivity contribution in [2.24, 2.45) is 11.3 Å². The molecule has 5 heteroatoms. The number of halogens is 1. The first kappa shape index (κ1) is 21.5. The summed E-state index contributed by atoms with van der Waals surface area (Å²) in [6.45, 7) is 1.28. The molecule has 2 aromatic rings. The summed E-state index contributed by atoms with van der Waals surface area (Å²) in [5.41, 5.74) is 1.97. The molecular formula is C26H31FN2O2. The minimum atomic E-state index is -0.501. The number of carbonyl (C=O) groups is 2. The van der Waals surface area contributed by atoms with Gasteiger partial charge in [0.25, 0.3) is 0 Å². The van der Waals surface area contributed by atoms with Gasteiger partial charge >= 0.3 is 0 Å². The zero-order chi connectivity index (χ0) is 22.0. The molecule has 0 radical (unpaired) electrons. The topological polar surface area (TPSA) is 40.6 Å². The van der Waals surface area contributed by atoms with E-state index in [4.69, 9.17) is 0 Å². The quantitative estimate of drug-likeness (QED) is 0.710. The fourth-order valence-electron chi connectivity index (χ4n) is 4.90. The molecule has 1 heterocycles. The van der Waals surface area contributed by atoms with Crippen LogP contribution < -0.4 is 0 Å². The largest absolute Gasteiger partial charge is 0.348 e. The number of carbonyl (C=O) groups excluding carboxylic acids is 2. The van der Waals surface area contributed by atoms with E-state index in [0.29, 0.717) is 37.9 Å². The van der Waals surface area contributed by atoms with Crippen molar-refractivity contribution in [3.8, 4) is 11.1 Å². The smallest absolute Gasteiger partial charge is 0.228 e. The maximum absolute atomic E-state index is 14.1. The van der Waals surface area contributed by atoms with Gasteiger partial charge in [-0.25, -0.2) is 4.39 Å². The second kappa shape index (κ2) is 8.81. The zero-order valence-electron chi connectivity index (χ0n) is 18.4. The summed E-state index contributed by atoms with van der Waals surface area (Å²) >= 11 is 0. The Kier molecular flexibility index (Phi) is 6.12. The Morgan fingerprint density at radius 1 is 1.03 bits per heavy atom. The molecule has 0 unspecified atom stereocenters. The van der Waals surface area contributed by atoms with Gasteiger partial charge in [-0.3, -0.25) is 9.59 Å². The summed E-state index contributed by atoms with van der Waals surface area (Å²) < 4.78 is 14.1. The van der Waals surface area contributed by atoms with Crippen LogP contribution in [0.2, 0.25) is 0 Å². The summed E-state index contributed by atoms with van der Waals surface area (Å²) in [7, 11) is 3.61. The summed E-state index contributed by atoms with van der Waals surface area (Å²) in [4.78, 5) is 29.5. The fourth-order valence-corrected chi connectivity index (χ4v) is 4.90. The highest BCUT2D eigenvalue weighted by Gasteiger charge is 2.44. The molecule has 2 amide bonds. The predicted octanol–water partition coefficient (Wildman–Crippen LogP) is 4.53. The average molecular weight is 423 g/mol. The van der Waals surface area contributed by atoms with Gasteiger partial charge in [0.1, 0.15) is 5.82 Å². The van der Waals surface area contributed by atoms with Crippen LogP contribution >= 0.6 is 0 Å². The maximum atomic E-state index is 14.1. The van der Waals surface area contributed by atoms with Crippen LogP contribution in [0.3, 0.4) is 0 Å². The maximum Gasteiger partial charge on any atom is 0.228 e. The summed E-state index contributed by atoms with van der Waals surface area (Å²) in [6.07, 6.45) is 5.15. The molecule has 1 saturated carbocycles. The number of amides is 2. The number of hydrogen-bond donors (Lipinski definition) is 0. The zero-order valence-corrected chi connectivity index (χ0v) is 18.4. The van der Waals surface area contributed by atoms with Crippen molar-refractivity contribution in [3.63, 3.8) is 0 Å². The lowest BCUT2D eigenvalue weighted by atomic mass is 9.72. The van der Waals surface area contributed by atoms with Crippen molar-refractivity contribution in [3.05, 3.63) is 59.9 Å². The van der Waals surface area contributed by atoms with E-state index >= 15 is 0 Å². The molecular weight excluding hydrogens is 391 g/mol. The first-order valence-corrected chi connectivity index (χ1v) is 11.2. The van der Waals surface area contributed by atoms with Crippen LogP contribution in [0.15, 0.2) is 48.5 Å². The highest BCUT2D eigenvalue weighted by Crippen LogP contribution is 2.39. The van der Waals surface area contributed by atoms with Crippen LogP contribution in [0, 0.1) is 17.2 Å². The van der Waals surface area contributed by atoms with Gasteiger partial charge in [0.15, 0.2) is 0 Å². The molecule has 1 aliphatic carbocycles. The van der Waals surface area contributed by atoms with Crippen molar-refractivity contribution in [1.29, 1.82) is 0 Å². The van der Waals surface area contributed by atoms with Gasteiger partial charge in [-0.15, -0.1) is 0 Å². The van der Waals surface area contributed by atoms with Crippen molar-refractivity contribution in [2.75, 3.05) is 27.2 Å². The number of piperidine rings is 1. The summed E-state index contributed by atoms with van der Waals surface area (Å²) in [6, 6.07) is 14.6. The van der Waals surface area contributed by atoms with E-state index in [0.717, 1.165) is 30.4 Å². The van der Waals surface area contributed by atoms with Crippen LogP contribution in [0.5, 0.6) is 0 Å². The molecule has 2 fully saturated rings. The standard InChI is InChI=1S/C26H31FN2O2/c1-28(2)25(31)26(14-16-29(17-15-26)24(30)21-6-5-7-21)18-19-10-12-20(13-11-19)22-8-3-4-9-23(22)27/h3-4,8-13,21H,5-7,14-18H2,1-2H3. The minimum absolute atomic E-state index is 0.126. The molecule has 31 heavy (non-hydrogen) atoms. The molecule has 2 aromatic carbocycles. The lowest BCUT2D eigenvalue weighted by Crippen LogP contribution is -2.52. The SMILES string of the molecule is CN(C)C(=O)C1(Cc2ccc(-c3ccccc3F)cc2)CCN(C(=O)C2CCC2)CC1. The van der Waals surface area contributed by atoms with Gasteiger partial charge in [-0.2, -0.15) is 0 Å². The Balaban J connectivity index is 1.50. The molecule has 0 bridgehead atoms. The lowest BCUT2D eigenvalue weighted by Gasteiger charge is -2.43. The van der Waals surface area contributed by atoms with E-state index in [-0.39, 0.29) is 23.5 Å². The number of hydrogen-bond acceptors (Lipinski definition) is 2. The van der Waals surface area contributed by atoms with Gasteiger partial charge in [0.2, 0.25) is 11.8 Å². The van der Waals surface area contributed by atoms with Gasteiger partial charge < -0.3 is 9.80 Å². The molecule has 0 aromatic heterocycles. The van der Waals surface area contributed by atoms with E-state index in [1.165, 1.54) is 6.07 Å². The van der Waals surface area contributed by atoms with Crippen molar-refractivity contribution in [2.45, 2.75) is 38.5 Å². The Bertz CT molecular complexity index is 942. The number of nitrogens with zero attached hydrogens (tertiary/aromatic N) is 2. The molecule has 2 aliphatic rings. The third kappa shape index (κ3) is 4.36. The van der Waals surface area contributed by atoms with E-state index in [1.807, 2.05) is 35.2 Å². The van der Waals surface area contributed by atoms with E-state index in [1.54, 1.807) is 31.1 Å². The lowest BCUT2D eigenvalue weighted by molar-refractivity contribution is -0.148. The number of rotatable bonds is 5. The van der Waals surface area contributed by atoms with Crippen LogP contribution in [0.25, 0.3) is 11.1 Å². The van der Waals surface area contributed by atoms with Crippen LogP contribution in [0.4, 0.5) is 4.39 Å². The van der Waals surface area contributed by atoms with E-state index in [2.05, 4.69) is 0 Å². The second-order valence-corrected chi connectivity index (χ2v) is 9.29. The molecule has 0 N–H and O–H groups in total. The van der Waals surface area contributed by atoms with Crippen LogP contribution in [0.1, 0.15) is 37.7 Å². The van der Waals surface area contributed by atoms with Gasteiger partial charge in [0, 0.05) is 38.7 Å². The van der Waals surface area contributed by atoms with Gasteiger partial charge in [-0.05, 0) is 49.3 Å². The molecule has 164 valence electrons. The monoisotopic (exact) mass is 422 g/mol. The molecule has 4 nitrogen and oxygen atoms in total. The summed E-state index contributed by atoms with van der Waals surface area (Å²) in [5.74, 6) is 0.355. The van der Waals surface area contributed by atoms with Gasteiger partial charge in [0.05, 0.1) is 5.41 Å². The number of benzene rings is 2. The third-order valence-electron chi connectivity index (χ3n) is 7.03. The third-order valence-corrected chi connectivity index (χ3v) is 7.03. The van der Waals surface area contributed by atoms with Crippen LogP contribution in [-0.4, -0.2) is 48.8 Å². The van der Waals surface area contributed by atoms with E-state index < -0.39 is 5.41 Å². The molecule has 1 aliphatic heterocycles. The van der Waals surface area contributed by atoms with Gasteiger partial charge in [-0.1, -0.05) is 48.9 Å². The highest BCUT2D eigenvalue weighted by molar-refractivity contribution is 5.84. The molecule has 1 saturated heterocycles. The average Bonchev–Trinajstić information content (AvgIpc) is 2.73. The number of likely N-dealkylation sites (tertiary alicyclic amines) is 1. The molecule has 0 spiro atoms. The predicted molar refractivity (Wildman–Crippen MR) is 120 cm³/mol.